The van der Waals surface area contributed by atoms with Gasteiger partial charge in [-0.25, -0.2) is 4.98 Å². The zero-order valence-corrected chi connectivity index (χ0v) is 9.49. The minimum absolute atomic E-state index is 0.251. The molecule has 1 aromatic heterocycles. The van der Waals surface area contributed by atoms with Crippen LogP contribution in [0, 0.1) is 18.3 Å². The fourth-order valence-electron chi connectivity index (χ4n) is 1.52. The van der Waals surface area contributed by atoms with Crippen LogP contribution in [0.15, 0.2) is 36.5 Å². The summed E-state index contributed by atoms with van der Waals surface area (Å²) in [5, 5.41) is 9.29. The molecule has 0 unspecified atom stereocenters. The van der Waals surface area contributed by atoms with Gasteiger partial charge in [-0.3, -0.25) is 0 Å². The van der Waals surface area contributed by atoms with Crippen LogP contribution in [0.25, 0.3) is 11.1 Å². The Morgan fingerprint density at radius 3 is 2.50 bits per heavy atom. The number of nitrogens with zero attached hydrogens (tertiary/aromatic N) is 2. The van der Waals surface area contributed by atoms with Gasteiger partial charge in [0.15, 0.2) is 0 Å². The molecule has 2 nitrogen and oxygen atoms in total. The molecule has 0 aliphatic carbocycles. The molecule has 0 amide bonds. The summed E-state index contributed by atoms with van der Waals surface area (Å²) < 4.78 is 0. The highest BCUT2D eigenvalue weighted by atomic mass is 35.5. The second-order valence-electron chi connectivity index (χ2n) is 3.50. The SMILES string of the molecule is Cc1ccc(-c2ccnc(Cl)c2C#N)cc1. The maximum Gasteiger partial charge on any atom is 0.147 e. The molecule has 2 aromatic rings. The minimum Gasteiger partial charge on any atom is -0.243 e. The molecular weight excluding hydrogens is 220 g/mol. The van der Waals surface area contributed by atoms with Gasteiger partial charge in [-0.15, -0.1) is 0 Å². The Balaban J connectivity index is 2.61. The normalized spacial score (nSPS) is 9.81. The van der Waals surface area contributed by atoms with Crippen molar-refractivity contribution in [1.82, 2.24) is 4.98 Å². The van der Waals surface area contributed by atoms with Crippen LogP contribution >= 0.6 is 11.6 Å². The lowest BCUT2D eigenvalue weighted by atomic mass is 10.0. The van der Waals surface area contributed by atoms with Crippen molar-refractivity contribution in [2.45, 2.75) is 6.92 Å². The summed E-state index contributed by atoms with van der Waals surface area (Å²) in [6.07, 6.45) is 1.61. The van der Waals surface area contributed by atoms with Gasteiger partial charge in [0.2, 0.25) is 0 Å². The summed E-state index contributed by atoms with van der Waals surface area (Å²) >= 11 is 5.88. The lowest BCUT2D eigenvalue weighted by Crippen LogP contribution is -1.88. The van der Waals surface area contributed by atoms with Crippen molar-refractivity contribution in [2.75, 3.05) is 0 Å². The molecule has 0 radical (unpaired) electrons. The third kappa shape index (κ3) is 1.91. The van der Waals surface area contributed by atoms with Crippen molar-refractivity contribution >= 4 is 11.6 Å². The lowest BCUT2D eigenvalue weighted by Gasteiger charge is -2.05. The average Bonchev–Trinajstić information content (AvgIpc) is 2.30. The molecule has 0 bridgehead atoms. The molecule has 3 heteroatoms. The first-order valence-corrected chi connectivity index (χ1v) is 5.22. The predicted molar refractivity (Wildman–Crippen MR) is 64.1 cm³/mol. The van der Waals surface area contributed by atoms with Crippen LogP contribution in [-0.2, 0) is 0 Å². The molecule has 0 N–H and O–H groups in total. The first-order chi connectivity index (χ1) is 7.72. The van der Waals surface area contributed by atoms with E-state index in [4.69, 9.17) is 16.9 Å². The van der Waals surface area contributed by atoms with Gasteiger partial charge in [0, 0.05) is 11.8 Å². The van der Waals surface area contributed by atoms with Crippen LogP contribution < -0.4 is 0 Å². The Kier molecular flexibility index (Phi) is 2.89. The Bertz CT molecular complexity index is 553. The van der Waals surface area contributed by atoms with E-state index in [1.807, 2.05) is 31.2 Å². The second kappa shape index (κ2) is 4.34. The van der Waals surface area contributed by atoms with E-state index < -0.39 is 0 Å². The van der Waals surface area contributed by atoms with Gasteiger partial charge in [-0.05, 0) is 18.6 Å². The smallest absolute Gasteiger partial charge is 0.147 e. The van der Waals surface area contributed by atoms with Crippen LogP contribution in [0.4, 0.5) is 0 Å². The van der Waals surface area contributed by atoms with Gasteiger partial charge in [0.05, 0.1) is 5.56 Å². The van der Waals surface area contributed by atoms with Gasteiger partial charge in [0.25, 0.3) is 0 Å². The predicted octanol–water partition coefficient (Wildman–Crippen LogP) is 3.58. The van der Waals surface area contributed by atoms with Gasteiger partial charge in [-0.1, -0.05) is 41.4 Å². The highest BCUT2D eigenvalue weighted by Gasteiger charge is 2.08. The molecule has 0 saturated carbocycles. The number of halogens is 1. The van der Waals surface area contributed by atoms with Crippen LogP contribution in [0.1, 0.15) is 11.1 Å². The van der Waals surface area contributed by atoms with E-state index in [9.17, 15) is 0 Å². The highest BCUT2D eigenvalue weighted by molar-refractivity contribution is 6.30. The van der Waals surface area contributed by atoms with Crippen LogP contribution in [-0.4, -0.2) is 4.98 Å². The van der Waals surface area contributed by atoms with Crippen molar-refractivity contribution in [3.8, 4) is 17.2 Å². The van der Waals surface area contributed by atoms with E-state index >= 15 is 0 Å². The fourth-order valence-corrected chi connectivity index (χ4v) is 1.72. The Labute approximate surface area is 99.1 Å². The molecule has 1 aromatic carbocycles. The summed E-state index contributed by atoms with van der Waals surface area (Å²) in [5.74, 6) is 0. The molecule has 1 heterocycles. The quantitative estimate of drug-likeness (QED) is 0.700. The molecule has 2 rings (SSSR count). The number of nitriles is 1. The van der Waals surface area contributed by atoms with E-state index in [1.54, 1.807) is 12.3 Å². The number of aryl methyl sites for hydroxylation is 1. The third-order valence-electron chi connectivity index (χ3n) is 2.38. The average molecular weight is 229 g/mol. The summed E-state index contributed by atoms with van der Waals surface area (Å²) in [6.45, 7) is 2.02. The topological polar surface area (TPSA) is 36.7 Å². The fraction of sp³-hybridized carbons (Fsp3) is 0.0769. The van der Waals surface area contributed by atoms with Crippen LogP contribution in [0.3, 0.4) is 0 Å². The van der Waals surface area contributed by atoms with Crippen molar-refractivity contribution < 1.29 is 0 Å². The molecule has 16 heavy (non-hydrogen) atoms. The van der Waals surface area contributed by atoms with E-state index in [0.717, 1.165) is 11.1 Å². The van der Waals surface area contributed by atoms with Crippen molar-refractivity contribution in [3.63, 3.8) is 0 Å². The Hall–Kier alpha value is -1.85. The molecule has 0 aliphatic heterocycles. The van der Waals surface area contributed by atoms with E-state index in [0.29, 0.717) is 5.56 Å². The Morgan fingerprint density at radius 2 is 1.88 bits per heavy atom. The second-order valence-corrected chi connectivity index (χ2v) is 3.86. The summed E-state index contributed by atoms with van der Waals surface area (Å²) in [5.41, 5.74) is 3.41. The van der Waals surface area contributed by atoms with Gasteiger partial charge >= 0.3 is 0 Å². The van der Waals surface area contributed by atoms with Gasteiger partial charge in [-0.2, -0.15) is 5.26 Å². The molecule has 0 atom stereocenters. The van der Waals surface area contributed by atoms with E-state index in [1.165, 1.54) is 5.56 Å². The van der Waals surface area contributed by atoms with E-state index in [-0.39, 0.29) is 5.15 Å². The molecule has 0 fully saturated rings. The largest absolute Gasteiger partial charge is 0.243 e. The van der Waals surface area contributed by atoms with Crippen molar-refractivity contribution in [2.24, 2.45) is 0 Å². The van der Waals surface area contributed by atoms with Crippen molar-refractivity contribution in [1.29, 1.82) is 5.26 Å². The summed E-state index contributed by atoms with van der Waals surface area (Å²) in [4.78, 5) is 3.90. The minimum atomic E-state index is 0.251. The monoisotopic (exact) mass is 228 g/mol. The number of aromatic nitrogens is 1. The molecular formula is C13H9ClN2. The number of benzene rings is 1. The summed E-state index contributed by atoms with van der Waals surface area (Å²) in [6, 6.07) is 11.8. The first kappa shape index (κ1) is 10.7. The highest BCUT2D eigenvalue weighted by Crippen LogP contribution is 2.26. The van der Waals surface area contributed by atoms with Crippen LogP contribution in [0.5, 0.6) is 0 Å². The number of rotatable bonds is 1. The standard InChI is InChI=1S/C13H9ClN2/c1-9-2-4-10(5-3-9)11-6-7-16-13(14)12(11)8-15/h2-7H,1H3. The number of pyridine rings is 1. The summed E-state index contributed by atoms with van der Waals surface area (Å²) in [7, 11) is 0. The van der Waals surface area contributed by atoms with E-state index in [2.05, 4.69) is 11.1 Å². The third-order valence-corrected chi connectivity index (χ3v) is 2.67. The molecule has 0 spiro atoms. The lowest BCUT2D eigenvalue weighted by molar-refractivity contribution is 1.30. The molecule has 0 saturated heterocycles. The molecule has 78 valence electrons. The van der Waals surface area contributed by atoms with Crippen molar-refractivity contribution in [3.05, 3.63) is 52.8 Å². The zero-order valence-electron chi connectivity index (χ0n) is 8.74. The van der Waals surface area contributed by atoms with Gasteiger partial charge < -0.3 is 0 Å². The van der Waals surface area contributed by atoms with Gasteiger partial charge in [0.1, 0.15) is 11.2 Å². The maximum atomic E-state index is 9.04. The zero-order chi connectivity index (χ0) is 11.5. The first-order valence-electron chi connectivity index (χ1n) is 4.84. The maximum absolute atomic E-state index is 9.04. The number of hydrogen-bond donors (Lipinski definition) is 0. The Morgan fingerprint density at radius 1 is 1.19 bits per heavy atom. The number of hydrogen-bond acceptors (Lipinski definition) is 2. The van der Waals surface area contributed by atoms with Crippen LogP contribution in [0.2, 0.25) is 5.15 Å². The molecule has 0 aliphatic rings.